The van der Waals surface area contributed by atoms with Crippen molar-refractivity contribution in [2.75, 3.05) is 6.54 Å². The van der Waals surface area contributed by atoms with Crippen LogP contribution >= 0.6 is 0 Å². The highest BCUT2D eigenvalue weighted by atomic mass is 16.2. The molecule has 1 fully saturated rings. The van der Waals surface area contributed by atoms with Crippen LogP contribution in [0.4, 0.5) is 0 Å². The van der Waals surface area contributed by atoms with Crippen LogP contribution in [-0.2, 0) is 0 Å². The number of nitrogens with one attached hydrogen (secondary N) is 1. The Hall–Kier alpha value is -1.94. The molecule has 1 saturated heterocycles. The molecule has 1 aliphatic heterocycles. The van der Waals surface area contributed by atoms with Gasteiger partial charge in [-0.05, 0) is 66.0 Å². The average molecular weight is 382 g/mol. The van der Waals surface area contributed by atoms with E-state index < -0.39 is 0 Å². The first-order valence-corrected chi connectivity index (χ1v) is 10.6. The van der Waals surface area contributed by atoms with Crippen molar-refractivity contribution < 1.29 is 4.79 Å². The summed E-state index contributed by atoms with van der Waals surface area (Å²) >= 11 is 0. The van der Waals surface area contributed by atoms with Gasteiger partial charge in [-0.25, -0.2) is 0 Å². The van der Waals surface area contributed by atoms with Crippen molar-refractivity contribution in [1.29, 1.82) is 0 Å². The molecule has 0 spiro atoms. The Bertz CT molecular complexity index is 840. The van der Waals surface area contributed by atoms with E-state index in [1.165, 1.54) is 0 Å². The molecule has 4 nitrogen and oxygen atoms in total. The van der Waals surface area contributed by atoms with Gasteiger partial charge in [-0.2, -0.15) is 0 Å². The lowest BCUT2D eigenvalue weighted by Gasteiger charge is -2.49. The second-order valence-electron chi connectivity index (χ2n) is 9.64. The molecule has 2 aromatic rings. The van der Waals surface area contributed by atoms with E-state index >= 15 is 0 Å². The van der Waals surface area contributed by atoms with E-state index in [0.29, 0.717) is 0 Å². The lowest BCUT2D eigenvalue weighted by atomic mass is 9.78. The van der Waals surface area contributed by atoms with Crippen molar-refractivity contribution in [1.82, 2.24) is 15.2 Å². The van der Waals surface area contributed by atoms with Gasteiger partial charge >= 0.3 is 0 Å². The first-order chi connectivity index (χ1) is 13.1. The van der Waals surface area contributed by atoms with Gasteiger partial charge in [-0.15, -0.1) is 0 Å². The van der Waals surface area contributed by atoms with Gasteiger partial charge in [-0.3, -0.25) is 9.78 Å². The summed E-state index contributed by atoms with van der Waals surface area (Å²) in [6.07, 6.45) is 4.04. The van der Waals surface area contributed by atoms with Crippen LogP contribution in [0.3, 0.4) is 0 Å². The molecular weight excluding hydrogens is 346 g/mol. The summed E-state index contributed by atoms with van der Waals surface area (Å²) in [5.41, 5.74) is 2.59. The zero-order valence-corrected chi connectivity index (χ0v) is 18.3. The quantitative estimate of drug-likeness (QED) is 0.784. The average Bonchev–Trinajstić information content (AvgIpc) is 2.58. The normalized spacial score (nSPS) is 18.9. The first kappa shape index (κ1) is 20.8. The van der Waals surface area contributed by atoms with E-state index in [0.717, 1.165) is 54.4 Å². The summed E-state index contributed by atoms with van der Waals surface area (Å²) in [7, 11) is 0. The van der Waals surface area contributed by atoms with E-state index in [2.05, 4.69) is 49.8 Å². The predicted octanol–water partition coefficient (Wildman–Crippen LogP) is 5.09. The van der Waals surface area contributed by atoms with E-state index in [1.54, 1.807) is 0 Å². The smallest absolute Gasteiger partial charge is 0.254 e. The van der Waals surface area contributed by atoms with Gasteiger partial charge in [0.05, 0.1) is 11.1 Å². The van der Waals surface area contributed by atoms with Gasteiger partial charge in [-0.1, -0.05) is 31.5 Å². The van der Waals surface area contributed by atoms with Gasteiger partial charge < -0.3 is 10.2 Å². The van der Waals surface area contributed by atoms with Crippen molar-refractivity contribution in [2.45, 2.75) is 84.3 Å². The largest absolute Gasteiger partial charge is 0.336 e. The summed E-state index contributed by atoms with van der Waals surface area (Å²) in [5.74, 6) is 0.147. The number of carbonyl (C=O) groups excluding carboxylic acids is 1. The molecule has 1 aliphatic rings. The molecule has 0 unspecified atom stereocenters. The summed E-state index contributed by atoms with van der Waals surface area (Å²) in [6, 6.07) is 10.2. The Kier molecular flexibility index (Phi) is 5.81. The zero-order chi connectivity index (χ0) is 20.5. The van der Waals surface area contributed by atoms with Crippen molar-refractivity contribution >= 4 is 16.8 Å². The molecule has 0 atom stereocenters. The highest BCUT2D eigenvalue weighted by Gasteiger charge is 2.41. The maximum Gasteiger partial charge on any atom is 0.254 e. The number of amides is 1. The van der Waals surface area contributed by atoms with E-state index in [1.807, 2.05) is 37.3 Å². The molecule has 3 rings (SSSR count). The number of rotatable bonds is 5. The number of benzene rings is 1. The van der Waals surface area contributed by atoms with Gasteiger partial charge in [0.15, 0.2) is 0 Å². The number of aryl methyl sites for hydroxylation is 1. The van der Waals surface area contributed by atoms with Crippen LogP contribution in [0.15, 0.2) is 30.3 Å². The molecule has 0 saturated carbocycles. The third-order valence-electron chi connectivity index (χ3n) is 5.70. The molecule has 152 valence electrons. The number of unbranched alkanes of at least 4 members (excludes halogenated alkanes) is 1. The Morgan fingerprint density at radius 1 is 1.18 bits per heavy atom. The number of carbonyl (C=O) groups is 1. The summed E-state index contributed by atoms with van der Waals surface area (Å²) in [6.45, 7) is 13.9. The Labute approximate surface area is 169 Å². The minimum atomic E-state index is 0.00733. The summed E-state index contributed by atoms with van der Waals surface area (Å²) in [4.78, 5) is 20.6. The SMILES string of the molecule is CCCCN(C(=O)c1cc(C)nc2ccccc12)C1CC(C)(C)NC(C)(C)C1. The number of nitrogens with zero attached hydrogens (tertiary/aromatic N) is 2. The molecule has 1 amide bonds. The second kappa shape index (κ2) is 7.82. The zero-order valence-electron chi connectivity index (χ0n) is 18.3. The number of piperidine rings is 1. The molecule has 1 N–H and O–H groups in total. The molecule has 0 radical (unpaired) electrons. The monoisotopic (exact) mass is 381 g/mol. The van der Waals surface area contributed by atoms with Gasteiger partial charge in [0.2, 0.25) is 0 Å². The van der Waals surface area contributed by atoms with Crippen molar-refractivity contribution in [3.05, 3.63) is 41.6 Å². The van der Waals surface area contributed by atoms with E-state index in [4.69, 9.17) is 0 Å². The summed E-state index contributed by atoms with van der Waals surface area (Å²) < 4.78 is 0. The molecule has 2 heterocycles. The summed E-state index contributed by atoms with van der Waals surface area (Å²) in [5, 5.41) is 4.69. The van der Waals surface area contributed by atoms with Crippen LogP contribution in [0, 0.1) is 6.92 Å². The van der Waals surface area contributed by atoms with Crippen molar-refractivity contribution in [2.24, 2.45) is 0 Å². The van der Waals surface area contributed by atoms with Crippen molar-refractivity contribution in [3.63, 3.8) is 0 Å². The van der Waals surface area contributed by atoms with Crippen LogP contribution in [0.1, 0.15) is 76.4 Å². The minimum absolute atomic E-state index is 0.00733. The molecule has 4 heteroatoms. The van der Waals surface area contributed by atoms with Crippen molar-refractivity contribution in [3.8, 4) is 0 Å². The lowest BCUT2D eigenvalue weighted by Crippen LogP contribution is -2.62. The predicted molar refractivity (Wildman–Crippen MR) is 117 cm³/mol. The van der Waals surface area contributed by atoms with Crippen LogP contribution in [0.5, 0.6) is 0 Å². The highest BCUT2D eigenvalue weighted by molar-refractivity contribution is 6.06. The molecule has 0 aliphatic carbocycles. The Balaban J connectivity index is 2.02. The number of fused-ring (bicyclic) bond motifs is 1. The fourth-order valence-corrected chi connectivity index (χ4v) is 4.91. The third-order valence-corrected chi connectivity index (χ3v) is 5.70. The number of aromatic nitrogens is 1. The highest BCUT2D eigenvalue weighted by Crippen LogP contribution is 2.33. The number of hydrogen-bond donors (Lipinski definition) is 1. The number of pyridine rings is 1. The standard InChI is InChI=1S/C24H35N3O/c1-7-8-13-27(18-15-23(3,4)26-24(5,6)16-18)22(28)20-14-17(2)25-21-12-10-9-11-19(20)21/h9-12,14,18,26H,7-8,13,15-16H2,1-6H3. The minimum Gasteiger partial charge on any atom is -0.336 e. The van der Waals surface area contributed by atoms with Gasteiger partial charge in [0, 0.05) is 34.7 Å². The third kappa shape index (κ3) is 4.54. The molecule has 1 aromatic carbocycles. The Morgan fingerprint density at radius 3 is 2.46 bits per heavy atom. The van der Waals surface area contributed by atoms with Crippen LogP contribution in [0.25, 0.3) is 10.9 Å². The maximum atomic E-state index is 13.8. The fraction of sp³-hybridized carbons (Fsp3) is 0.583. The number of hydrogen-bond acceptors (Lipinski definition) is 3. The molecule has 28 heavy (non-hydrogen) atoms. The van der Waals surface area contributed by atoms with Crippen LogP contribution in [-0.4, -0.2) is 39.5 Å². The van der Waals surface area contributed by atoms with Crippen LogP contribution in [0.2, 0.25) is 0 Å². The molecular formula is C24H35N3O. The number of para-hydroxylation sites is 1. The first-order valence-electron chi connectivity index (χ1n) is 10.6. The topological polar surface area (TPSA) is 45.2 Å². The Morgan fingerprint density at radius 2 is 1.82 bits per heavy atom. The molecule has 1 aromatic heterocycles. The molecule has 0 bridgehead atoms. The van der Waals surface area contributed by atoms with E-state index in [-0.39, 0.29) is 23.0 Å². The fourth-order valence-electron chi connectivity index (χ4n) is 4.91. The van der Waals surface area contributed by atoms with Gasteiger partial charge in [0.25, 0.3) is 5.91 Å². The van der Waals surface area contributed by atoms with Crippen LogP contribution < -0.4 is 5.32 Å². The maximum absolute atomic E-state index is 13.8. The lowest BCUT2D eigenvalue weighted by molar-refractivity contribution is 0.0443. The van der Waals surface area contributed by atoms with Gasteiger partial charge in [0.1, 0.15) is 0 Å². The van der Waals surface area contributed by atoms with E-state index in [9.17, 15) is 4.79 Å². The second-order valence-corrected chi connectivity index (χ2v) is 9.64.